The van der Waals surface area contributed by atoms with Gasteiger partial charge in [-0.3, -0.25) is 9.59 Å². The van der Waals surface area contributed by atoms with Crippen molar-refractivity contribution in [3.8, 4) is 0 Å². The maximum absolute atomic E-state index is 12.2. The summed E-state index contributed by atoms with van der Waals surface area (Å²) in [5.74, 6) is -0.100. The number of benzene rings is 2. The number of hydrogen-bond donors (Lipinski definition) is 2. The van der Waals surface area contributed by atoms with E-state index in [1.807, 2.05) is 6.07 Å². The lowest BCUT2D eigenvalue weighted by molar-refractivity contribution is 0.0953. The molecule has 0 bridgehead atoms. The molecule has 0 spiro atoms. The van der Waals surface area contributed by atoms with E-state index in [2.05, 4.69) is 15.8 Å². The molecule has 0 fully saturated rings. The lowest BCUT2D eigenvalue weighted by Crippen LogP contribution is -2.18. The second kappa shape index (κ2) is 7.74. The van der Waals surface area contributed by atoms with E-state index in [1.165, 1.54) is 12.5 Å². The number of furan rings is 1. The molecule has 0 aliphatic carbocycles. The fourth-order valence-electron chi connectivity index (χ4n) is 2.11. The zero-order valence-electron chi connectivity index (χ0n) is 13.2. The molecule has 0 saturated carbocycles. The number of amides is 2. The highest BCUT2D eigenvalue weighted by Gasteiger charge is 2.08. The van der Waals surface area contributed by atoms with E-state index in [9.17, 15) is 9.59 Å². The minimum absolute atomic E-state index is 0.242. The van der Waals surface area contributed by atoms with Gasteiger partial charge in [-0.2, -0.15) is 5.10 Å². The predicted octanol–water partition coefficient (Wildman–Crippen LogP) is 3.30. The number of nitrogens with zero attached hydrogens (tertiary/aromatic N) is 1. The van der Waals surface area contributed by atoms with Crippen LogP contribution >= 0.6 is 0 Å². The second-order valence-corrected chi connectivity index (χ2v) is 5.12. The number of anilines is 1. The molecular formula is C19H15N3O3. The summed E-state index contributed by atoms with van der Waals surface area (Å²) < 4.78 is 5.08. The van der Waals surface area contributed by atoms with E-state index in [4.69, 9.17) is 4.42 Å². The molecule has 6 heteroatoms. The standard InChI is InChI=1S/C19H15N3O3/c23-18(14-6-2-1-3-7-14)21-16-9-4-8-15(12-16)19(24)22-20-13-17-10-5-11-25-17/h1-13H,(H,21,23)(H,22,24)/b20-13-. The van der Waals surface area contributed by atoms with Crippen molar-refractivity contribution in [2.24, 2.45) is 5.10 Å². The van der Waals surface area contributed by atoms with Crippen LogP contribution in [0.25, 0.3) is 0 Å². The third-order valence-corrected chi connectivity index (χ3v) is 3.32. The van der Waals surface area contributed by atoms with Gasteiger partial charge in [0.15, 0.2) is 0 Å². The molecule has 2 N–H and O–H groups in total. The van der Waals surface area contributed by atoms with E-state index < -0.39 is 5.91 Å². The van der Waals surface area contributed by atoms with Gasteiger partial charge in [0.2, 0.25) is 0 Å². The Morgan fingerprint density at radius 1 is 0.880 bits per heavy atom. The van der Waals surface area contributed by atoms with Crippen LogP contribution in [0.15, 0.2) is 82.5 Å². The van der Waals surface area contributed by atoms with Crippen molar-refractivity contribution in [2.45, 2.75) is 0 Å². The van der Waals surface area contributed by atoms with Crippen LogP contribution < -0.4 is 10.7 Å². The molecule has 0 unspecified atom stereocenters. The fourth-order valence-corrected chi connectivity index (χ4v) is 2.11. The van der Waals surface area contributed by atoms with Crippen LogP contribution in [0.2, 0.25) is 0 Å². The van der Waals surface area contributed by atoms with E-state index in [0.717, 1.165) is 0 Å². The van der Waals surface area contributed by atoms with Crippen molar-refractivity contribution in [3.63, 3.8) is 0 Å². The first-order chi connectivity index (χ1) is 12.2. The lowest BCUT2D eigenvalue weighted by atomic mass is 10.1. The van der Waals surface area contributed by atoms with Crippen LogP contribution in [-0.2, 0) is 0 Å². The minimum atomic E-state index is -0.390. The smallest absolute Gasteiger partial charge is 0.271 e. The quantitative estimate of drug-likeness (QED) is 0.555. The van der Waals surface area contributed by atoms with Crippen LogP contribution in [0.4, 0.5) is 5.69 Å². The van der Waals surface area contributed by atoms with Crippen LogP contribution in [-0.4, -0.2) is 18.0 Å². The number of nitrogens with one attached hydrogen (secondary N) is 2. The third-order valence-electron chi connectivity index (χ3n) is 3.32. The molecule has 0 radical (unpaired) electrons. The van der Waals surface area contributed by atoms with Crippen LogP contribution in [0.1, 0.15) is 26.5 Å². The molecule has 25 heavy (non-hydrogen) atoms. The zero-order chi connectivity index (χ0) is 17.5. The average molecular weight is 333 g/mol. The predicted molar refractivity (Wildman–Crippen MR) is 94.6 cm³/mol. The molecule has 0 saturated heterocycles. The Morgan fingerprint density at radius 3 is 2.44 bits per heavy atom. The molecule has 0 atom stereocenters. The highest BCUT2D eigenvalue weighted by atomic mass is 16.3. The first kappa shape index (κ1) is 16.2. The lowest BCUT2D eigenvalue weighted by Gasteiger charge is -2.07. The average Bonchev–Trinajstić information content (AvgIpc) is 3.16. The van der Waals surface area contributed by atoms with Crippen LogP contribution in [0.5, 0.6) is 0 Å². The Morgan fingerprint density at radius 2 is 1.68 bits per heavy atom. The van der Waals surface area contributed by atoms with Gasteiger partial charge in [0.1, 0.15) is 5.76 Å². The SMILES string of the molecule is O=C(N/N=C\c1ccco1)c1cccc(NC(=O)c2ccccc2)c1. The number of rotatable bonds is 5. The number of carbonyl (C=O) groups is 2. The fraction of sp³-hybridized carbons (Fsp3) is 0. The molecule has 2 amide bonds. The minimum Gasteiger partial charge on any atom is -0.463 e. The Hall–Kier alpha value is -3.67. The van der Waals surface area contributed by atoms with Crippen LogP contribution in [0, 0.1) is 0 Å². The van der Waals surface area contributed by atoms with Gasteiger partial charge >= 0.3 is 0 Å². The Labute approximate surface area is 144 Å². The van der Waals surface area contributed by atoms with Gasteiger partial charge in [0, 0.05) is 16.8 Å². The third kappa shape index (κ3) is 4.42. The van der Waals surface area contributed by atoms with Gasteiger partial charge in [-0.05, 0) is 42.5 Å². The topological polar surface area (TPSA) is 83.7 Å². The number of hydrogen-bond acceptors (Lipinski definition) is 4. The molecule has 1 heterocycles. The highest BCUT2D eigenvalue weighted by molar-refractivity contribution is 6.05. The summed E-state index contributed by atoms with van der Waals surface area (Å²) in [6.07, 6.45) is 2.92. The van der Waals surface area contributed by atoms with Gasteiger partial charge in [0.25, 0.3) is 11.8 Å². The maximum Gasteiger partial charge on any atom is 0.271 e. The van der Waals surface area contributed by atoms with Crippen molar-refractivity contribution < 1.29 is 14.0 Å². The maximum atomic E-state index is 12.2. The van der Waals surface area contributed by atoms with Gasteiger partial charge in [-0.25, -0.2) is 5.43 Å². The van der Waals surface area contributed by atoms with Gasteiger partial charge in [-0.1, -0.05) is 24.3 Å². The van der Waals surface area contributed by atoms with Crippen molar-refractivity contribution in [1.29, 1.82) is 0 Å². The number of carbonyl (C=O) groups excluding carboxylic acids is 2. The molecule has 124 valence electrons. The molecule has 2 aromatic carbocycles. The first-order valence-electron chi connectivity index (χ1n) is 7.56. The molecule has 6 nitrogen and oxygen atoms in total. The molecule has 0 aliphatic rings. The van der Waals surface area contributed by atoms with Crippen molar-refractivity contribution in [2.75, 3.05) is 5.32 Å². The first-order valence-corrected chi connectivity index (χ1v) is 7.56. The summed E-state index contributed by atoms with van der Waals surface area (Å²) in [6, 6.07) is 18.9. The van der Waals surface area contributed by atoms with E-state index in [0.29, 0.717) is 22.6 Å². The van der Waals surface area contributed by atoms with E-state index in [1.54, 1.807) is 60.7 Å². The van der Waals surface area contributed by atoms with Crippen molar-refractivity contribution in [1.82, 2.24) is 5.43 Å². The van der Waals surface area contributed by atoms with Gasteiger partial charge in [0.05, 0.1) is 12.5 Å². The molecule has 1 aromatic heterocycles. The Balaban J connectivity index is 1.64. The largest absolute Gasteiger partial charge is 0.463 e. The normalized spacial score (nSPS) is 10.6. The highest BCUT2D eigenvalue weighted by Crippen LogP contribution is 2.12. The summed E-state index contributed by atoms with van der Waals surface area (Å²) in [5, 5.41) is 6.58. The van der Waals surface area contributed by atoms with Crippen LogP contribution in [0.3, 0.4) is 0 Å². The second-order valence-electron chi connectivity index (χ2n) is 5.12. The Kier molecular flexibility index (Phi) is 5.01. The number of hydrazone groups is 1. The summed E-state index contributed by atoms with van der Waals surface area (Å²) in [5.41, 5.74) is 3.85. The molecule has 0 aliphatic heterocycles. The zero-order valence-corrected chi connectivity index (χ0v) is 13.2. The molecule has 3 rings (SSSR count). The van der Waals surface area contributed by atoms with Gasteiger partial charge < -0.3 is 9.73 Å². The monoisotopic (exact) mass is 333 g/mol. The summed E-state index contributed by atoms with van der Waals surface area (Å²) in [7, 11) is 0. The molecular weight excluding hydrogens is 318 g/mol. The van der Waals surface area contributed by atoms with E-state index >= 15 is 0 Å². The van der Waals surface area contributed by atoms with Gasteiger partial charge in [-0.15, -0.1) is 0 Å². The summed E-state index contributed by atoms with van der Waals surface area (Å²) in [6.45, 7) is 0. The Bertz CT molecular complexity index is 887. The summed E-state index contributed by atoms with van der Waals surface area (Å²) in [4.78, 5) is 24.3. The van der Waals surface area contributed by atoms with Crippen molar-refractivity contribution in [3.05, 3.63) is 89.9 Å². The summed E-state index contributed by atoms with van der Waals surface area (Å²) >= 11 is 0. The van der Waals surface area contributed by atoms with Crippen molar-refractivity contribution >= 4 is 23.7 Å². The molecule has 3 aromatic rings. The van der Waals surface area contributed by atoms with E-state index in [-0.39, 0.29) is 5.91 Å².